The minimum atomic E-state index is -0.139. The van der Waals surface area contributed by atoms with Crippen molar-refractivity contribution in [3.63, 3.8) is 0 Å². The predicted molar refractivity (Wildman–Crippen MR) is 161 cm³/mol. The van der Waals surface area contributed by atoms with Gasteiger partial charge < -0.3 is 15.1 Å². The Balaban J connectivity index is 1.36. The Labute approximate surface area is 242 Å². The maximum atomic E-state index is 13.3. The number of fused-ring (bicyclic) bond motifs is 1. The normalized spacial score (nSPS) is 20.2. The third-order valence-electron chi connectivity index (χ3n) is 8.19. The highest BCUT2D eigenvalue weighted by Gasteiger charge is 2.50. The molecule has 2 fully saturated rings. The van der Waals surface area contributed by atoms with Crippen LogP contribution >= 0.6 is 0 Å². The summed E-state index contributed by atoms with van der Waals surface area (Å²) >= 11 is 0. The molecule has 2 saturated heterocycles. The summed E-state index contributed by atoms with van der Waals surface area (Å²) in [5.41, 5.74) is 4.36. The van der Waals surface area contributed by atoms with Crippen LogP contribution in [-0.4, -0.2) is 78.2 Å². The Kier molecular flexibility index (Phi) is 8.81. The van der Waals surface area contributed by atoms with E-state index in [2.05, 4.69) is 46.3 Å². The predicted octanol–water partition coefficient (Wildman–Crippen LogP) is 4.84. The molecule has 1 N–H and O–H groups in total. The number of likely N-dealkylation sites (N-methyl/N-ethyl adjacent to an activating group) is 1. The van der Waals surface area contributed by atoms with Gasteiger partial charge in [-0.3, -0.25) is 14.5 Å². The summed E-state index contributed by atoms with van der Waals surface area (Å²) in [6.45, 7) is 4.47. The van der Waals surface area contributed by atoms with Gasteiger partial charge in [-0.1, -0.05) is 42.2 Å². The van der Waals surface area contributed by atoms with Crippen LogP contribution in [-0.2, 0) is 4.79 Å². The highest BCUT2D eigenvalue weighted by Crippen LogP contribution is 2.42. The standard InChI is InChI=1S/C34H36N4O3/c1-25(40)36(2)22-31-33(29-16-12-27(13-17-29)11-10-26-8-4-3-5-9-26)32-23-37(20-6-7-21-38(31)32)34(41)35-30-18-14-28(24-39)15-19-30/h3-5,8-9,12-19,24,31-33H,6-7,20-23H2,1-2H3,(H,35,41). The van der Waals surface area contributed by atoms with Gasteiger partial charge in [0.05, 0.1) is 0 Å². The van der Waals surface area contributed by atoms with E-state index in [1.807, 2.05) is 42.3 Å². The molecule has 5 rings (SSSR count). The van der Waals surface area contributed by atoms with Gasteiger partial charge >= 0.3 is 6.03 Å². The van der Waals surface area contributed by atoms with Crippen LogP contribution in [0.2, 0.25) is 0 Å². The van der Waals surface area contributed by atoms with Crippen LogP contribution in [0.4, 0.5) is 10.5 Å². The molecule has 3 atom stereocenters. The molecule has 3 unspecified atom stereocenters. The Bertz CT molecular complexity index is 1430. The fraction of sp³-hybridized carbons (Fsp3) is 0.324. The molecule has 0 aliphatic carbocycles. The van der Waals surface area contributed by atoms with Crippen molar-refractivity contribution in [1.29, 1.82) is 0 Å². The minimum absolute atomic E-state index is 0.0485. The quantitative estimate of drug-likeness (QED) is 0.366. The van der Waals surface area contributed by atoms with Crippen molar-refractivity contribution in [3.05, 3.63) is 101 Å². The first-order valence-corrected chi connectivity index (χ1v) is 14.2. The molecule has 7 nitrogen and oxygen atoms in total. The largest absolute Gasteiger partial charge is 0.344 e. The van der Waals surface area contributed by atoms with E-state index in [-0.39, 0.29) is 29.9 Å². The van der Waals surface area contributed by atoms with Crippen molar-refractivity contribution < 1.29 is 14.4 Å². The second-order valence-electron chi connectivity index (χ2n) is 10.9. The second kappa shape index (κ2) is 12.8. The van der Waals surface area contributed by atoms with Gasteiger partial charge in [-0.2, -0.15) is 0 Å². The number of urea groups is 1. The van der Waals surface area contributed by atoms with Crippen LogP contribution in [0.3, 0.4) is 0 Å². The number of carbonyl (C=O) groups excluding carboxylic acids is 3. The van der Waals surface area contributed by atoms with Crippen molar-refractivity contribution in [1.82, 2.24) is 14.7 Å². The van der Waals surface area contributed by atoms with E-state index in [0.717, 1.165) is 36.8 Å². The number of aldehydes is 1. The average Bonchev–Trinajstić information content (AvgIpc) is 2.98. The van der Waals surface area contributed by atoms with Gasteiger partial charge in [0, 0.05) is 74.0 Å². The molecule has 3 aromatic carbocycles. The molecule has 41 heavy (non-hydrogen) atoms. The van der Waals surface area contributed by atoms with E-state index in [1.54, 1.807) is 36.1 Å². The Hall–Kier alpha value is -4.41. The first-order valence-electron chi connectivity index (χ1n) is 14.2. The Morgan fingerprint density at radius 1 is 0.927 bits per heavy atom. The lowest BCUT2D eigenvalue weighted by Gasteiger charge is -2.58. The first-order chi connectivity index (χ1) is 19.9. The number of rotatable bonds is 5. The lowest BCUT2D eigenvalue weighted by Crippen LogP contribution is -2.69. The lowest BCUT2D eigenvalue weighted by molar-refractivity contribution is -0.130. The Morgan fingerprint density at radius 2 is 1.59 bits per heavy atom. The molecular formula is C34H36N4O3. The average molecular weight is 549 g/mol. The van der Waals surface area contributed by atoms with E-state index < -0.39 is 0 Å². The number of carbonyl (C=O) groups is 3. The fourth-order valence-corrected chi connectivity index (χ4v) is 5.84. The summed E-state index contributed by atoms with van der Waals surface area (Å²) in [6.07, 6.45) is 2.68. The Morgan fingerprint density at radius 3 is 2.24 bits per heavy atom. The molecule has 0 saturated carbocycles. The lowest BCUT2D eigenvalue weighted by atomic mass is 9.73. The molecule has 3 aromatic rings. The number of benzene rings is 3. The third-order valence-corrected chi connectivity index (χ3v) is 8.19. The van der Waals surface area contributed by atoms with Crippen LogP contribution in [0.5, 0.6) is 0 Å². The molecule has 2 aliphatic heterocycles. The van der Waals surface area contributed by atoms with E-state index >= 15 is 0 Å². The van der Waals surface area contributed by atoms with Crippen molar-refractivity contribution in [3.8, 4) is 11.8 Å². The zero-order valence-electron chi connectivity index (χ0n) is 23.6. The molecule has 0 bridgehead atoms. The number of hydrogen-bond donors (Lipinski definition) is 1. The maximum absolute atomic E-state index is 13.3. The molecule has 2 aliphatic rings. The summed E-state index contributed by atoms with van der Waals surface area (Å²) in [5, 5.41) is 3.00. The highest BCUT2D eigenvalue weighted by molar-refractivity contribution is 5.90. The van der Waals surface area contributed by atoms with Gasteiger partial charge in [-0.05, 0) is 73.5 Å². The summed E-state index contributed by atoms with van der Waals surface area (Å²) < 4.78 is 0. The molecule has 210 valence electrons. The molecular weight excluding hydrogens is 512 g/mol. The van der Waals surface area contributed by atoms with Gasteiger partial charge in [0.1, 0.15) is 6.29 Å². The first kappa shape index (κ1) is 28.1. The number of amides is 3. The molecule has 0 aromatic heterocycles. The molecule has 0 spiro atoms. The van der Waals surface area contributed by atoms with Crippen LogP contribution in [0, 0.1) is 11.8 Å². The van der Waals surface area contributed by atoms with Crippen LogP contribution in [0.1, 0.15) is 52.7 Å². The molecule has 0 radical (unpaired) electrons. The monoisotopic (exact) mass is 548 g/mol. The molecule has 3 amide bonds. The van der Waals surface area contributed by atoms with Gasteiger partial charge in [0.2, 0.25) is 5.91 Å². The van der Waals surface area contributed by atoms with Crippen LogP contribution in [0.25, 0.3) is 0 Å². The second-order valence-corrected chi connectivity index (χ2v) is 10.9. The van der Waals surface area contributed by atoms with E-state index in [1.165, 1.54) is 5.56 Å². The molecule has 7 heteroatoms. The zero-order valence-corrected chi connectivity index (χ0v) is 23.6. The maximum Gasteiger partial charge on any atom is 0.321 e. The number of nitrogens with zero attached hydrogens (tertiary/aromatic N) is 3. The summed E-state index contributed by atoms with van der Waals surface area (Å²) in [5.74, 6) is 6.70. The van der Waals surface area contributed by atoms with E-state index in [4.69, 9.17) is 0 Å². The highest BCUT2D eigenvalue weighted by atomic mass is 16.2. The minimum Gasteiger partial charge on any atom is -0.344 e. The summed E-state index contributed by atoms with van der Waals surface area (Å²) in [6, 6.07) is 25.4. The summed E-state index contributed by atoms with van der Waals surface area (Å²) in [4.78, 5) is 42.7. The number of hydrogen-bond acceptors (Lipinski definition) is 4. The zero-order chi connectivity index (χ0) is 28.8. The summed E-state index contributed by atoms with van der Waals surface area (Å²) in [7, 11) is 1.86. The van der Waals surface area contributed by atoms with Crippen LogP contribution in [0.15, 0.2) is 78.9 Å². The van der Waals surface area contributed by atoms with Gasteiger partial charge in [-0.15, -0.1) is 0 Å². The van der Waals surface area contributed by atoms with E-state index in [0.29, 0.717) is 30.9 Å². The van der Waals surface area contributed by atoms with Crippen molar-refractivity contribution in [2.75, 3.05) is 38.5 Å². The van der Waals surface area contributed by atoms with Crippen molar-refractivity contribution in [2.24, 2.45) is 0 Å². The van der Waals surface area contributed by atoms with Crippen molar-refractivity contribution in [2.45, 2.75) is 37.8 Å². The van der Waals surface area contributed by atoms with Gasteiger partial charge in [0.15, 0.2) is 0 Å². The number of anilines is 1. The molecule has 2 heterocycles. The van der Waals surface area contributed by atoms with E-state index in [9.17, 15) is 14.4 Å². The smallest absolute Gasteiger partial charge is 0.321 e. The van der Waals surface area contributed by atoms with Gasteiger partial charge in [-0.25, -0.2) is 4.79 Å². The van der Waals surface area contributed by atoms with Gasteiger partial charge in [0.25, 0.3) is 0 Å². The topological polar surface area (TPSA) is 73.0 Å². The SMILES string of the molecule is CC(=O)N(C)CC1C(c2ccc(C#Cc3ccccc3)cc2)C2CN(C(=O)Nc3ccc(C=O)cc3)CCCCN12. The number of nitrogens with one attached hydrogen (secondary N) is 1. The van der Waals surface area contributed by atoms with Crippen molar-refractivity contribution >= 4 is 23.9 Å². The van der Waals surface area contributed by atoms with Crippen LogP contribution < -0.4 is 5.32 Å². The fourth-order valence-electron chi connectivity index (χ4n) is 5.84. The third kappa shape index (κ3) is 6.67.